The maximum absolute atomic E-state index is 12.3. The summed E-state index contributed by atoms with van der Waals surface area (Å²) in [5.74, 6) is 9.32. The fourth-order valence-corrected chi connectivity index (χ4v) is 5.52. The Morgan fingerprint density at radius 1 is 1.21 bits per heavy atom. The number of nitrogen functional groups attached to an aromatic ring is 1. The lowest BCUT2D eigenvalue weighted by atomic mass is 10.2. The van der Waals surface area contributed by atoms with Gasteiger partial charge in [0.1, 0.15) is 18.1 Å². The van der Waals surface area contributed by atoms with Crippen molar-refractivity contribution in [2.45, 2.75) is 18.6 Å². The molecule has 25 heteroatoms. The number of hydrogen-bond acceptors (Lipinski definition) is 19. The van der Waals surface area contributed by atoms with E-state index in [2.05, 4.69) is 50.1 Å². The van der Waals surface area contributed by atoms with Crippen molar-refractivity contribution in [2.24, 2.45) is 5.90 Å². The third kappa shape index (κ3) is 9.74. The Morgan fingerprint density at radius 3 is 2.55 bits per heavy atom. The highest BCUT2D eigenvalue weighted by atomic mass is 31.3. The van der Waals surface area contributed by atoms with E-state index in [0.717, 1.165) is 17.2 Å². The molecule has 6 unspecified atom stereocenters. The minimum atomic E-state index is -6.21. The van der Waals surface area contributed by atoms with Crippen LogP contribution >= 0.6 is 23.5 Å². The molecule has 22 nitrogen and oxygen atoms in total. The molecule has 1 saturated heterocycles. The lowest BCUT2D eigenvalue weighted by molar-refractivity contribution is -0.370. The number of phosphoric acid groups is 3. The summed E-state index contributed by atoms with van der Waals surface area (Å²) in [5.41, 5.74) is 4.82. The maximum Gasteiger partial charge on any atom is 0.351 e. The van der Waals surface area contributed by atoms with Crippen molar-refractivity contribution in [1.29, 1.82) is 0 Å². The van der Waals surface area contributed by atoms with Crippen LogP contribution in [0.4, 0.5) is 5.82 Å². The van der Waals surface area contributed by atoms with E-state index in [-0.39, 0.29) is 29.4 Å². The van der Waals surface area contributed by atoms with Gasteiger partial charge >= 0.3 is 13.5 Å². The smallest absolute Gasteiger partial charge is 0.351 e. The molecule has 6 atom stereocenters. The van der Waals surface area contributed by atoms with Gasteiger partial charge in [-0.25, -0.2) is 18.4 Å². The number of carbonyl (C=O) groups excluding carboxylic acids is 1. The van der Waals surface area contributed by atoms with Crippen LogP contribution in [-0.4, -0.2) is 49.4 Å². The summed E-state index contributed by atoms with van der Waals surface area (Å²) in [6.07, 6.45) is -2.17. The van der Waals surface area contributed by atoms with E-state index >= 15 is 0 Å². The van der Waals surface area contributed by atoms with Crippen molar-refractivity contribution >= 4 is 35.2 Å². The lowest BCUT2D eigenvalue weighted by Gasteiger charge is -2.32. The number of ether oxygens (including phenoxy) is 1. The molecule has 3 heterocycles. The van der Waals surface area contributed by atoms with Crippen LogP contribution in [-0.2, 0) is 36.6 Å². The zero-order valence-corrected chi connectivity index (χ0v) is 23.0. The number of rotatable bonds is 11. The maximum atomic E-state index is 12.3. The summed E-state index contributed by atoms with van der Waals surface area (Å²) < 4.78 is 49.4. The highest BCUT2D eigenvalue weighted by Crippen LogP contribution is 2.61. The average molecular weight is 654 g/mol. The zero-order valence-electron chi connectivity index (χ0n) is 20.3. The Bertz CT molecular complexity index is 1570. The zero-order chi connectivity index (χ0) is 31.3. The van der Waals surface area contributed by atoms with Crippen molar-refractivity contribution in [1.82, 2.24) is 19.9 Å². The molecule has 0 bridgehead atoms. The fraction of sp³-hybridized carbons (Fsp3) is 0.235. The first kappa shape index (κ1) is 33.4. The van der Waals surface area contributed by atoms with E-state index in [0.29, 0.717) is 0 Å². The van der Waals surface area contributed by atoms with Crippen molar-refractivity contribution in [3.8, 4) is 17.7 Å². The van der Waals surface area contributed by atoms with Crippen LogP contribution in [0.1, 0.15) is 22.1 Å². The second kappa shape index (κ2) is 13.5. The highest BCUT2D eigenvalue weighted by Gasteiger charge is 2.39. The van der Waals surface area contributed by atoms with Crippen molar-refractivity contribution in [3.05, 3.63) is 52.6 Å². The number of aliphatic hydroxyl groups is 1. The molecule has 0 aromatic carbocycles. The lowest BCUT2D eigenvalue weighted by Crippen LogP contribution is -2.29. The third-order valence-electron chi connectivity index (χ3n) is 4.48. The van der Waals surface area contributed by atoms with Crippen molar-refractivity contribution in [2.75, 3.05) is 12.3 Å². The number of hydrogen-bond donors (Lipinski definition) is 5. The van der Waals surface area contributed by atoms with Gasteiger partial charge in [-0.3, -0.25) is 23.1 Å². The molecule has 2 aromatic heterocycles. The highest BCUT2D eigenvalue weighted by molar-refractivity contribution is 7.65. The predicted octanol–water partition coefficient (Wildman–Crippen LogP) is -3.95. The number of carbonyl (C=O) groups is 1. The first-order valence-electron chi connectivity index (χ1n) is 10.6. The molecule has 229 valence electrons. The van der Waals surface area contributed by atoms with E-state index in [9.17, 15) is 43.1 Å². The minimum absolute atomic E-state index is 0.0368. The van der Waals surface area contributed by atoms with Crippen LogP contribution in [0.15, 0.2) is 29.3 Å². The average Bonchev–Trinajstić information content (AvgIpc) is 3.24. The van der Waals surface area contributed by atoms with Crippen LogP contribution in [0, 0.1) is 18.3 Å². The topological polar surface area (TPSA) is 345 Å². The largest absolute Gasteiger partial charge is 0.756 e. The van der Waals surface area contributed by atoms with Gasteiger partial charge in [0.25, 0.3) is 21.6 Å². The van der Waals surface area contributed by atoms with Gasteiger partial charge < -0.3 is 45.3 Å². The van der Waals surface area contributed by atoms with E-state index in [4.69, 9.17) is 21.3 Å². The summed E-state index contributed by atoms with van der Waals surface area (Å²) in [5, 5.41) is 12.5. The Balaban J connectivity index is 1.62. The second-order valence-corrected chi connectivity index (χ2v) is 11.7. The van der Waals surface area contributed by atoms with Crippen LogP contribution in [0.5, 0.6) is 5.88 Å². The standard InChI is InChI=1S/C17H20N6O16P3/c18-14-10(2-1-5-20-15(25)9-3-4-12(35-19)21-7-9)8-23(17(26)22-14)13-6-11(24)16(34-13)36-37-41(30,31)39-42(32,33)38-40(27,28)29/h3-4,6-8,11,13,16,24H,5,19H2,(H,20,25)(H,30,31)(H,32,33)(H2,18,22,26)(H2,27,28,29)/p-3. The van der Waals surface area contributed by atoms with Gasteiger partial charge in [0, 0.05) is 24.9 Å². The van der Waals surface area contributed by atoms with Crippen LogP contribution in [0.3, 0.4) is 0 Å². The molecular formula is C17H17N6O16P3-3. The molecule has 1 aliphatic heterocycles. The number of pyridine rings is 1. The molecule has 0 aliphatic carbocycles. The van der Waals surface area contributed by atoms with Crippen LogP contribution < -0.4 is 42.2 Å². The SMILES string of the molecule is NOc1ccc(C(=O)NCC#Cc2cn(C3[CH]C(O)C(OOP(=O)([O-])OP(=O)([O-])OP(=O)([O-])O)O3)c(=O)nc2N)cn1. The summed E-state index contributed by atoms with van der Waals surface area (Å²) in [6, 6.07) is 2.76. The monoisotopic (exact) mass is 654 g/mol. The number of nitrogens with zero attached hydrogens (tertiary/aromatic N) is 3. The Morgan fingerprint density at radius 2 is 1.93 bits per heavy atom. The Kier molecular flexibility index (Phi) is 10.7. The normalized spacial score (nSPS) is 22.6. The van der Waals surface area contributed by atoms with E-state index < -0.39 is 53.7 Å². The number of nitrogens with two attached hydrogens (primary N) is 2. The van der Waals surface area contributed by atoms with Crippen molar-refractivity contribution < 1.29 is 70.9 Å². The van der Waals surface area contributed by atoms with E-state index in [1.165, 1.54) is 18.3 Å². The van der Waals surface area contributed by atoms with E-state index in [1.807, 2.05) is 0 Å². The number of anilines is 1. The number of aromatic nitrogens is 3. The van der Waals surface area contributed by atoms with Gasteiger partial charge in [0.05, 0.1) is 17.7 Å². The molecule has 3 rings (SSSR count). The summed E-state index contributed by atoms with van der Waals surface area (Å²) in [6.45, 7) is -0.187. The molecular weight excluding hydrogens is 637 g/mol. The Hall–Kier alpha value is -3.09. The molecule has 1 radical (unpaired) electrons. The molecule has 0 saturated carbocycles. The summed E-state index contributed by atoms with van der Waals surface area (Å²) >= 11 is 0. The number of amides is 1. The predicted molar refractivity (Wildman–Crippen MR) is 125 cm³/mol. The number of aliphatic hydroxyl groups excluding tert-OH is 1. The van der Waals surface area contributed by atoms with Crippen molar-refractivity contribution in [3.63, 3.8) is 0 Å². The minimum Gasteiger partial charge on any atom is -0.756 e. The summed E-state index contributed by atoms with van der Waals surface area (Å²) in [7, 11) is -18.2. The van der Waals surface area contributed by atoms with Crippen LogP contribution in [0.2, 0.25) is 0 Å². The molecule has 7 N–H and O–H groups in total. The van der Waals surface area contributed by atoms with Gasteiger partial charge in [-0.2, -0.15) is 20.4 Å². The number of nitrogens with one attached hydrogen (secondary N) is 1. The second-order valence-electron chi connectivity index (χ2n) is 7.49. The van der Waals surface area contributed by atoms with E-state index in [1.54, 1.807) is 0 Å². The Labute approximate surface area is 233 Å². The molecule has 1 amide bonds. The van der Waals surface area contributed by atoms with Gasteiger partial charge in [-0.1, -0.05) is 11.8 Å². The third-order valence-corrected chi connectivity index (χ3v) is 7.98. The fourth-order valence-electron chi connectivity index (χ4n) is 2.84. The first-order chi connectivity index (χ1) is 19.5. The first-order valence-corrected chi connectivity index (χ1v) is 15.0. The molecule has 1 aliphatic rings. The quantitative estimate of drug-likeness (QED) is 0.0668. The molecule has 0 spiro atoms. The van der Waals surface area contributed by atoms with Gasteiger partial charge in [-0.15, -0.1) is 0 Å². The summed E-state index contributed by atoms with van der Waals surface area (Å²) in [4.78, 5) is 82.1. The molecule has 42 heavy (non-hydrogen) atoms. The van der Waals surface area contributed by atoms with Crippen LogP contribution in [0.25, 0.3) is 0 Å². The van der Waals surface area contributed by atoms with Gasteiger partial charge in [0.2, 0.25) is 12.2 Å². The molecule has 2 aromatic rings. The van der Waals surface area contributed by atoms with Gasteiger partial charge in [-0.05, 0) is 6.07 Å². The molecule has 1 fully saturated rings. The van der Waals surface area contributed by atoms with Gasteiger partial charge in [0.15, 0.2) is 0 Å².